The normalized spacial score (nSPS) is 15.2. The molecule has 1 unspecified atom stereocenters. The minimum atomic E-state index is -0.101. The summed E-state index contributed by atoms with van der Waals surface area (Å²) >= 11 is 1.72. The molecule has 0 saturated heterocycles. The molecule has 0 fully saturated rings. The number of carbonyl (C=O) groups excluding carboxylic acids is 1. The average Bonchev–Trinajstić information content (AvgIpc) is 2.83. The molecule has 0 heterocycles. The third-order valence-corrected chi connectivity index (χ3v) is 6.84. The Morgan fingerprint density at radius 2 is 1.79 bits per heavy atom. The number of nitrogens with one attached hydrogen (secondary N) is 1. The van der Waals surface area contributed by atoms with Gasteiger partial charge < -0.3 is 15.0 Å². The number of nitrogens with zero attached hydrogens (tertiary/aromatic N) is 1. The summed E-state index contributed by atoms with van der Waals surface area (Å²) in [6, 6.07) is 22.0. The van der Waals surface area contributed by atoms with Gasteiger partial charge in [-0.2, -0.15) is 0 Å². The molecule has 3 aromatic carbocycles. The van der Waals surface area contributed by atoms with Crippen molar-refractivity contribution in [3.8, 4) is 5.75 Å². The SMILES string of the molecule is CSc1ccc(COc2ccc(C(=O)Nc3ccc4c(c3)CCC(CN(C)C)C4)cc2)cc1. The Kier molecular flexibility index (Phi) is 7.73. The van der Waals surface area contributed by atoms with Crippen molar-refractivity contribution in [1.29, 1.82) is 0 Å². The van der Waals surface area contributed by atoms with Gasteiger partial charge in [-0.25, -0.2) is 0 Å². The highest BCUT2D eigenvalue weighted by Crippen LogP contribution is 2.28. The second kappa shape index (κ2) is 10.9. The molecule has 33 heavy (non-hydrogen) atoms. The van der Waals surface area contributed by atoms with Gasteiger partial charge in [0, 0.05) is 22.7 Å². The molecule has 0 aliphatic heterocycles. The summed E-state index contributed by atoms with van der Waals surface area (Å²) in [5.41, 5.74) is 5.37. The van der Waals surface area contributed by atoms with Gasteiger partial charge in [0.2, 0.25) is 0 Å². The Bertz CT molecular complexity index is 1080. The minimum absolute atomic E-state index is 0.101. The first-order valence-electron chi connectivity index (χ1n) is 11.4. The zero-order valence-electron chi connectivity index (χ0n) is 19.6. The number of hydrogen-bond donors (Lipinski definition) is 1. The van der Waals surface area contributed by atoms with E-state index >= 15 is 0 Å². The maximum atomic E-state index is 12.7. The highest BCUT2D eigenvalue weighted by Gasteiger charge is 2.19. The molecule has 1 atom stereocenters. The van der Waals surface area contributed by atoms with Crippen LogP contribution in [0.1, 0.15) is 33.5 Å². The first-order chi connectivity index (χ1) is 16.0. The summed E-state index contributed by atoms with van der Waals surface area (Å²) in [6.45, 7) is 1.63. The predicted molar refractivity (Wildman–Crippen MR) is 137 cm³/mol. The number of carbonyl (C=O) groups is 1. The Balaban J connectivity index is 1.32. The second-order valence-corrected chi connectivity index (χ2v) is 9.85. The van der Waals surface area contributed by atoms with Crippen LogP contribution in [0.4, 0.5) is 5.69 Å². The molecule has 4 rings (SSSR count). The molecule has 5 heteroatoms. The van der Waals surface area contributed by atoms with Crippen LogP contribution >= 0.6 is 11.8 Å². The number of amides is 1. The summed E-state index contributed by atoms with van der Waals surface area (Å²) in [4.78, 5) is 16.3. The standard InChI is InChI=1S/C28H32N2O2S/c1-30(2)18-21-4-7-24-17-25(11-8-23(24)16-21)29-28(31)22-9-12-26(13-10-22)32-19-20-5-14-27(33-3)15-6-20/h5-6,8-15,17,21H,4,7,16,18-19H2,1-3H3,(H,29,31). The summed E-state index contributed by atoms with van der Waals surface area (Å²) in [5, 5.41) is 3.05. The Morgan fingerprint density at radius 3 is 2.48 bits per heavy atom. The lowest BCUT2D eigenvalue weighted by molar-refractivity contribution is 0.102. The first kappa shape index (κ1) is 23.4. The molecule has 1 N–H and O–H groups in total. The van der Waals surface area contributed by atoms with Crippen LogP contribution in [0.3, 0.4) is 0 Å². The lowest BCUT2D eigenvalue weighted by Gasteiger charge is -2.27. The molecule has 0 bridgehead atoms. The maximum Gasteiger partial charge on any atom is 0.255 e. The van der Waals surface area contributed by atoms with Gasteiger partial charge in [0.15, 0.2) is 0 Å². The number of rotatable bonds is 8. The molecule has 0 spiro atoms. The Labute approximate surface area is 201 Å². The van der Waals surface area contributed by atoms with E-state index in [9.17, 15) is 4.79 Å². The van der Waals surface area contributed by atoms with Crippen LogP contribution in [-0.2, 0) is 19.4 Å². The third kappa shape index (κ3) is 6.40. The van der Waals surface area contributed by atoms with E-state index in [4.69, 9.17) is 4.74 Å². The quantitative estimate of drug-likeness (QED) is 0.425. The van der Waals surface area contributed by atoms with Crippen LogP contribution in [0, 0.1) is 5.92 Å². The van der Waals surface area contributed by atoms with Crippen LogP contribution in [-0.4, -0.2) is 37.7 Å². The smallest absolute Gasteiger partial charge is 0.255 e. The van der Waals surface area contributed by atoms with E-state index in [0.717, 1.165) is 36.4 Å². The molecule has 3 aromatic rings. The lowest BCUT2D eigenvalue weighted by Crippen LogP contribution is -2.26. The van der Waals surface area contributed by atoms with Gasteiger partial charge in [-0.15, -0.1) is 11.8 Å². The average molecular weight is 461 g/mol. The van der Waals surface area contributed by atoms with Gasteiger partial charge in [0.05, 0.1) is 0 Å². The number of aryl methyl sites for hydroxylation is 1. The van der Waals surface area contributed by atoms with Crippen molar-refractivity contribution < 1.29 is 9.53 Å². The number of fused-ring (bicyclic) bond motifs is 1. The van der Waals surface area contributed by atoms with Crippen LogP contribution in [0.25, 0.3) is 0 Å². The van der Waals surface area contributed by atoms with Gasteiger partial charge in [-0.3, -0.25) is 4.79 Å². The molecule has 1 aliphatic rings. The molecule has 4 nitrogen and oxygen atoms in total. The highest BCUT2D eigenvalue weighted by atomic mass is 32.2. The van der Waals surface area contributed by atoms with Crippen LogP contribution < -0.4 is 10.1 Å². The van der Waals surface area contributed by atoms with Crippen molar-refractivity contribution in [2.45, 2.75) is 30.8 Å². The molecular formula is C28H32N2O2S. The van der Waals surface area contributed by atoms with E-state index in [1.807, 2.05) is 30.3 Å². The number of hydrogen-bond acceptors (Lipinski definition) is 4. The minimum Gasteiger partial charge on any atom is -0.489 e. The topological polar surface area (TPSA) is 41.6 Å². The molecule has 0 saturated carbocycles. The predicted octanol–water partition coefficient (Wildman–Crippen LogP) is 5.91. The molecule has 0 radical (unpaired) electrons. The lowest BCUT2D eigenvalue weighted by atomic mass is 9.83. The molecule has 1 aliphatic carbocycles. The second-order valence-electron chi connectivity index (χ2n) is 8.97. The molecule has 1 amide bonds. The summed E-state index contributed by atoms with van der Waals surface area (Å²) < 4.78 is 5.87. The number of benzene rings is 3. The van der Waals surface area contributed by atoms with Crippen molar-refractivity contribution in [2.75, 3.05) is 32.2 Å². The van der Waals surface area contributed by atoms with Crippen molar-refractivity contribution in [3.05, 3.63) is 89.0 Å². The van der Waals surface area contributed by atoms with Gasteiger partial charge in [0.1, 0.15) is 12.4 Å². The van der Waals surface area contributed by atoms with Gasteiger partial charge >= 0.3 is 0 Å². The maximum absolute atomic E-state index is 12.7. The summed E-state index contributed by atoms with van der Waals surface area (Å²) in [7, 11) is 4.27. The zero-order valence-corrected chi connectivity index (χ0v) is 20.5. The van der Waals surface area contributed by atoms with E-state index in [1.54, 1.807) is 11.8 Å². The third-order valence-electron chi connectivity index (χ3n) is 6.10. The van der Waals surface area contributed by atoms with E-state index in [-0.39, 0.29) is 5.91 Å². The van der Waals surface area contributed by atoms with E-state index in [1.165, 1.54) is 22.4 Å². The van der Waals surface area contributed by atoms with Crippen molar-refractivity contribution in [1.82, 2.24) is 4.90 Å². The molecular weight excluding hydrogens is 428 g/mol. The van der Waals surface area contributed by atoms with E-state index in [0.29, 0.717) is 18.1 Å². The number of ether oxygens (including phenoxy) is 1. The summed E-state index contributed by atoms with van der Waals surface area (Å²) in [5.74, 6) is 1.36. The monoisotopic (exact) mass is 460 g/mol. The first-order valence-corrected chi connectivity index (χ1v) is 12.7. The van der Waals surface area contributed by atoms with E-state index in [2.05, 4.69) is 67.0 Å². The van der Waals surface area contributed by atoms with Crippen molar-refractivity contribution >= 4 is 23.4 Å². The van der Waals surface area contributed by atoms with Crippen molar-refractivity contribution in [3.63, 3.8) is 0 Å². The Hall–Kier alpha value is -2.76. The fraction of sp³-hybridized carbons (Fsp3) is 0.321. The van der Waals surface area contributed by atoms with Gasteiger partial charge in [-0.1, -0.05) is 18.2 Å². The van der Waals surface area contributed by atoms with Gasteiger partial charge in [-0.05, 0) is 111 Å². The van der Waals surface area contributed by atoms with Crippen LogP contribution in [0.15, 0.2) is 71.6 Å². The zero-order chi connectivity index (χ0) is 23.2. The Morgan fingerprint density at radius 1 is 1.03 bits per heavy atom. The van der Waals surface area contributed by atoms with Crippen LogP contribution in [0.5, 0.6) is 5.75 Å². The molecule has 172 valence electrons. The number of anilines is 1. The largest absolute Gasteiger partial charge is 0.489 e. The molecule has 0 aromatic heterocycles. The highest BCUT2D eigenvalue weighted by molar-refractivity contribution is 7.98. The van der Waals surface area contributed by atoms with E-state index < -0.39 is 0 Å². The van der Waals surface area contributed by atoms with Crippen LogP contribution in [0.2, 0.25) is 0 Å². The van der Waals surface area contributed by atoms with Gasteiger partial charge in [0.25, 0.3) is 5.91 Å². The summed E-state index contributed by atoms with van der Waals surface area (Å²) in [6.07, 6.45) is 5.45. The fourth-order valence-electron chi connectivity index (χ4n) is 4.37. The number of thioether (sulfide) groups is 1. The van der Waals surface area contributed by atoms with Crippen molar-refractivity contribution in [2.24, 2.45) is 5.92 Å². The fourth-order valence-corrected chi connectivity index (χ4v) is 4.78.